The summed E-state index contributed by atoms with van der Waals surface area (Å²) < 4.78 is 6.65. The van der Waals surface area contributed by atoms with E-state index in [1.165, 1.54) is 11.5 Å². The van der Waals surface area contributed by atoms with Gasteiger partial charge in [-0.1, -0.05) is 42.5 Å². The fourth-order valence-corrected chi connectivity index (χ4v) is 2.94. The lowest BCUT2D eigenvalue weighted by molar-refractivity contribution is -0.154. The summed E-state index contributed by atoms with van der Waals surface area (Å²) in [5.74, 6) is -0.389. The first-order chi connectivity index (χ1) is 14.0. The van der Waals surface area contributed by atoms with E-state index in [0.717, 1.165) is 5.56 Å². The summed E-state index contributed by atoms with van der Waals surface area (Å²) in [6, 6.07) is 16.6. The van der Waals surface area contributed by atoms with Crippen LogP contribution in [0.4, 0.5) is 0 Å². The number of carbonyl (C=O) groups is 2. The number of ether oxygens (including phenoxy) is 1. The lowest BCUT2D eigenvalue weighted by Crippen LogP contribution is -2.35. The molecule has 0 spiro atoms. The zero-order valence-corrected chi connectivity index (χ0v) is 16.4. The summed E-state index contributed by atoms with van der Waals surface area (Å²) >= 11 is 0. The SMILES string of the molecule is C[C@H](OC(=O)CCc1nc2ccccc2c(=O)n1C)C(=O)NCc1ccccc1. The number of para-hydroxylation sites is 1. The second-order valence-electron chi connectivity index (χ2n) is 6.74. The number of hydrogen-bond acceptors (Lipinski definition) is 5. The van der Waals surface area contributed by atoms with Gasteiger partial charge < -0.3 is 10.1 Å². The molecule has 0 unspecified atom stereocenters. The summed E-state index contributed by atoms with van der Waals surface area (Å²) in [6.45, 7) is 1.90. The van der Waals surface area contributed by atoms with Gasteiger partial charge in [-0.25, -0.2) is 4.98 Å². The minimum Gasteiger partial charge on any atom is -0.453 e. The standard InChI is InChI=1S/C22H23N3O4/c1-15(21(27)23-14-16-8-4-3-5-9-16)29-20(26)13-12-19-24-18-11-7-6-10-17(18)22(28)25(19)2/h3-11,15H,12-14H2,1-2H3,(H,23,27)/t15-/m0/s1. The topological polar surface area (TPSA) is 90.3 Å². The van der Waals surface area contributed by atoms with Crippen molar-refractivity contribution in [2.75, 3.05) is 0 Å². The zero-order valence-electron chi connectivity index (χ0n) is 16.4. The summed E-state index contributed by atoms with van der Waals surface area (Å²) in [4.78, 5) is 41.1. The Hall–Kier alpha value is -3.48. The molecule has 1 N–H and O–H groups in total. The van der Waals surface area contributed by atoms with E-state index >= 15 is 0 Å². The Bertz CT molecular complexity index is 1080. The van der Waals surface area contributed by atoms with E-state index in [4.69, 9.17) is 4.74 Å². The molecular formula is C22H23N3O4. The van der Waals surface area contributed by atoms with Crippen molar-refractivity contribution in [2.24, 2.45) is 7.05 Å². The summed E-state index contributed by atoms with van der Waals surface area (Å²) in [5.41, 5.74) is 1.39. The van der Waals surface area contributed by atoms with Crippen LogP contribution in [0.2, 0.25) is 0 Å². The Morgan fingerprint density at radius 1 is 1.10 bits per heavy atom. The normalized spacial score (nSPS) is 11.8. The molecule has 7 heteroatoms. The van der Waals surface area contributed by atoms with E-state index in [2.05, 4.69) is 10.3 Å². The molecule has 0 fully saturated rings. The van der Waals surface area contributed by atoms with E-state index in [1.54, 1.807) is 25.2 Å². The first kappa shape index (κ1) is 20.3. The molecule has 29 heavy (non-hydrogen) atoms. The lowest BCUT2D eigenvalue weighted by atomic mass is 10.2. The van der Waals surface area contributed by atoms with E-state index in [-0.39, 0.29) is 24.3 Å². The summed E-state index contributed by atoms with van der Waals surface area (Å²) in [7, 11) is 1.63. The Labute approximate surface area is 168 Å². The van der Waals surface area contributed by atoms with Gasteiger partial charge in [0.05, 0.1) is 17.3 Å². The van der Waals surface area contributed by atoms with E-state index in [9.17, 15) is 14.4 Å². The van der Waals surface area contributed by atoms with Crippen LogP contribution >= 0.6 is 0 Å². The van der Waals surface area contributed by atoms with Gasteiger partial charge in [0.25, 0.3) is 11.5 Å². The number of hydrogen-bond donors (Lipinski definition) is 1. The van der Waals surface area contributed by atoms with Crippen LogP contribution in [0, 0.1) is 0 Å². The minimum atomic E-state index is -0.903. The third kappa shape index (κ3) is 5.07. The minimum absolute atomic E-state index is 0.0227. The molecule has 2 aromatic carbocycles. The molecule has 1 amide bonds. The molecule has 0 aliphatic rings. The van der Waals surface area contributed by atoms with Crippen molar-refractivity contribution < 1.29 is 14.3 Å². The molecule has 0 saturated carbocycles. The van der Waals surface area contributed by atoms with Crippen LogP contribution in [0.5, 0.6) is 0 Å². The first-order valence-corrected chi connectivity index (χ1v) is 9.41. The molecule has 1 aromatic heterocycles. The number of rotatable bonds is 7. The molecule has 3 aromatic rings. The van der Waals surface area contributed by atoms with Crippen LogP contribution in [0.15, 0.2) is 59.4 Å². The number of amides is 1. The van der Waals surface area contributed by atoms with Crippen molar-refractivity contribution in [3.05, 3.63) is 76.3 Å². The number of nitrogens with one attached hydrogen (secondary N) is 1. The fourth-order valence-electron chi connectivity index (χ4n) is 2.94. The van der Waals surface area contributed by atoms with Crippen molar-refractivity contribution >= 4 is 22.8 Å². The molecule has 0 radical (unpaired) electrons. The fraction of sp³-hybridized carbons (Fsp3) is 0.273. The van der Waals surface area contributed by atoms with Crippen LogP contribution in [0.3, 0.4) is 0 Å². The summed E-state index contributed by atoms with van der Waals surface area (Å²) in [6.07, 6.45) is -0.637. The highest BCUT2D eigenvalue weighted by molar-refractivity contribution is 5.83. The lowest BCUT2D eigenvalue weighted by Gasteiger charge is -2.14. The predicted molar refractivity (Wildman–Crippen MR) is 109 cm³/mol. The summed E-state index contributed by atoms with van der Waals surface area (Å²) in [5, 5.41) is 3.27. The van der Waals surface area contributed by atoms with Gasteiger partial charge in [-0.2, -0.15) is 0 Å². The molecule has 1 heterocycles. The van der Waals surface area contributed by atoms with Crippen LogP contribution in [-0.2, 0) is 34.3 Å². The van der Waals surface area contributed by atoms with E-state index in [0.29, 0.717) is 23.3 Å². The maximum atomic E-state index is 12.4. The molecule has 150 valence electrons. The number of carbonyl (C=O) groups excluding carboxylic acids is 2. The van der Waals surface area contributed by atoms with Crippen molar-refractivity contribution in [1.82, 2.24) is 14.9 Å². The third-order valence-electron chi connectivity index (χ3n) is 4.62. The molecule has 7 nitrogen and oxygen atoms in total. The zero-order chi connectivity index (χ0) is 20.8. The average Bonchev–Trinajstić information content (AvgIpc) is 2.74. The van der Waals surface area contributed by atoms with Crippen molar-refractivity contribution in [1.29, 1.82) is 0 Å². The largest absolute Gasteiger partial charge is 0.453 e. The highest BCUT2D eigenvalue weighted by atomic mass is 16.5. The van der Waals surface area contributed by atoms with Gasteiger partial charge in [-0.05, 0) is 24.6 Å². The third-order valence-corrected chi connectivity index (χ3v) is 4.62. The van der Waals surface area contributed by atoms with Gasteiger partial charge in [0.1, 0.15) is 5.82 Å². The molecule has 0 aliphatic carbocycles. The number of fused-ring (bicyclic) bond motifs is 1. The molecule has 0 saturated heterocycles. The van der Waals surface area contributed by atoms with Gasteiger partial charge in [-0.15, -0.1) is 0 Å². The highest BCUT2D eigenvalue weighted by Gasteiger charge is 2.18. The van der Waals surface area contributed by atoms with Gasteiger partial charge in [0, 0.05) is 20.0 Å². The smallest absolute Gasteiger partial charge is 0.307 e. The van der Waals surface area contributed by atoms with Gasteiger partial charge in [0.15, 0.2) is 6.10 Å². The predicted octanol–water partition coefficient (Wildman–Crippen LogP) is 2.11. The van der Waals surface area contributed by atoms with Crippen molar-refractivity contribution in [3.8, 4) is 0 Å². The van der Waals surface area contributed by atoms with Crippen LogP contribution < -0.4 is 10.9 Å². The number of nitrogens with zero attached hydrogens (tertiary/aromatic N) is 2. The van der Waals surface area contributed by atoms with Crippen LogP contribution in [0.1, 0.15) is 24.7 Å². The number of aryl methyl sites for hydroxylation is 1. The van der Waals surface area contributed by atoms with Gasteiger partial charge >= 0.3 is 5.97 Å². The number of aromatic nitrogens is 2. The number of esters is 1. The second kappa shape index (κ2) is 9.14. The molecule has 1 atom stereocenters. The van der Waals surface area contributed by atoms with Crippen LogP contribution in [0.25, 0.3) is 10.9 Å². The van der Waals surface area contributed by atoms with E-state index in [1.807, 2.05) is 36.4 Å². The maximum absolute atomic E-state index is 12.4. The molecule has 3 rings (SSSR count). The first-order valence-electron chi connectivity index (χ1n) is 9.41. The Morgan fingerprint density at radius 3 is 2.55 bits per heavy atom. The van der Waals surface area contributed by atoms with Gasteiger partial charge in [0.2, 0.25) is 0 Å². The second-order valence-corrected chi connectivity index (χ2v) is 6.74. The quantitative estimate of drug-likeness (QED) is 0.621. The Kier molecular flexibility index (Phi) is 6.39. The van der Waals surface area contributed by atoms with Crippen LogP contribution in [-0.4, -0.2) is 27.5 Å². The average molecular weight is 393 g/mol. The van der Waals surface area contributed by atoms with E-state index < -0.39 is 12.1 Å². The van der Waals surface area contributed by atoms with Crippen molar-refractivity contribution in [3.63, 3.8) is 0 Å². The highest BCUT2D eigenvalue weighted by Crippen LogP contribution is 2.09. The maximum Gasteiger partial charge on any atom is 0.307 e. The molecule has 0 bridgehead atoms. The van der Waals surface area contributed by atoms with Gasteiger partial charge in [-0.3, -0.25) is 19.0 Å². The monoisotopic (exact) mass is 393 g/mol. The Balaban J connectivity index is 1.54. The number of benzene rings is 2. The molecular weight excluding hydrogens is 370 g/mol. The van der Waals surface area contributed by atoms with Crippen molar-refractivity contribution in [2.45, 2.75) is 32.4 Å². The molecule has 0 aliphatic heterocycles. The Morgan fingerprint density at radius 2 is 1.79 bits per heavy atom.